The van der Waals surface area contributed by atoms with Crippen molar-refractivity contribution in [2.24, 2.45) is 0 Å². The highest BCUT2D eigenvalue weighted by Crippen LogP contribution is 2.33. The maximum Gasteiger partial charge on any atom is 0.196 e. The summed E-state index contributed by atoms with van der Waals surface area (Å²) in [6.45, 7) is 1.03. The second-order valence-electron chi connectivity index (χ2n) is 4.87. The van der Waals surface area contributed by atoms with Gasteiger partial charge >= 0.3 is 0 Å². The molecule has 1 aromatic heterocycles. The third-order valence-electron chi connectivity index (χ3n) is 3.48. The Morgan fingerprint density at radius 2 is 2.15 bits per heavy atom. The van der Waals surface area contributed by atoms with Crippen molar-refractivity contribution in [2.45, 2.75) is 48.9 Å². The van der Waals surface area contributed by atoms with Crippen LogP contribution in [-0.2, 0) is 19.6 Å². The molecule has 0 bridgehead atoms. The molecule has 3 rings (SSSR count). The van der Waals surface area contributed by atoms with E-state index in [1.807, 2.05) is 18.2 Å². The Bertz CT molecular complexity index is 614. The van der Waals surface area contributed by atoms with Gasteiger partial charge in [-0.15, -0.1) is 10.2 Å². The Morgan fingerprint density at radius 3 is 3.00 bits per heavy atom. The van der Waals surface area contributed by atoms with Crippen LogP contribution in [0.4, 0.5) is 0 Å². The lowest BCUT2D eigenvalue weighted by Crippen LogP contribution is -2.02. The summed E-state index contributed by atoms with van der Waals surface area (Å²) < 4.78 is 3.23. The van der Waals surface area contributed by atoms with E-state index in [1.54, 1.807) is 11.8 Å². The van der Waals surface area contributed by atoms with E-state index in [0.717, 1.165) is 38.9 Å². The Labute approximate surface area is 130 Å². The van der Waals surface area contributed by atoms with E-state index >= 15 is 0 Å². The molecule has 0 radical (unpaired) electrons. The summed E-state index contributed by atoms with van der Waals surface area (Å²) in [5.74, 6) is 1.09. The largest absolute Gasteiger partial charge is 0.392 e. The quantitative estimate of drug-likeness (QED) is 0.918. The number of hydrogen-bond acceptors (Lipinski definition) is 4. The van der Waals surface area contributed by atoms with Crippen molar-refractivity contribution >= 4 is 27.7 Å². The number of aliphatic hydroxyl groups excluding tert-OH is 1. The fourth-order valence-corrected chi connectivity index (χ4v) is 3.93. The van der Waals surface area contributed by atoms with Gasteiger partial charge < -0.3 is 9.67 Å². The summed E-state index contributed by atoms with van der Waals surface area (Å²) in [6.07, 6.45) is 4.65. The Hall–Kier alpha value is -0.850. The number of halogens is 1. The van der Waals surface area contributed by atoms with E-state index in [4.69, 9.17) is 0 Å². The number of hydrogen-bond donors (Lipinski definition) is 1. The van der Waals surface area contributed by atoms with Crippen molar-refractivity contribution in [1.29, 1.82) is 0 Å². The summed E-state index contributed by atoms with van der Waals surface area (Å²) in [5, 5.41) is 19.0. The zero-order valence-corrected chi connectivity index (χ0v) is 13.5. The van der Waals surface area contributed by atoms with E-state index in [9.17, 15) is 5.11 Å². The minimum absolute atomic E-state index is 0.0383. The van der Waals surface area contributed by atoms with Crippen LogP contribution < -0.4 is 0 Å². The fourth-order valence-electron chi connectivity index (χ4n) is 2.39. The molecule has 6 heteroatoms. The molecule has 0 amide bonds. The Balaban J connectivity index is 1.92. The van der Waals surface area contributed by atoms with Gasteiger partial charge in [0.2, 0.25) is 0 Å². The highest BCUT2D eigenvalue weighted by atomic mass is 79.9. The lowest BCUT2D eigenvalue weighted by Gasteiger charge is -2.09. The fraction of sp³-hybridized carbons (Fsp3) is 0.429. The van der Waals surface area contributed by atoms with Gasteiger partial charge in [-0.05, 0) is 42.3 Å². The van der Waals surface area contributed by atoms with Crippen molar-refractivity contribution < 1.29 is 5.11 Å². The SMILES string of the molecule is OCc1ccc(Br)cc1Sc1nnc2n1CCCCC2. The maximum absolute atomic E-state index is 9.45. The highest BCUT2D eigenvalue weighted by Gasteiger charge is 2.16. The molecule has 0 unspecified atom stereocenters. The summed E-state index contributed by atoms with van der Waals surface area (Å²) in [5.41, 5.74) is 0.921. The van der Waals surface area contributed by atoms with Crippen LogP contribution in [0.1, 0.15) is 30.7 Å². The third-order valence-corrected chi connectivity index (χ3v) is 5.05. The van der Waals surface area contributed by atoms with Gasteiger partial charge in [-0.25, -0.2) is 0 Å². The smallest absolute Gasteiger partial charge is 0.196 e. The normalized spacial score (nSPS) is 14.9. The van der Waals surface area contributed by atoms with Crippen molar-refractivity contribution in [1.82, 2.24) is 14.8 Å². The molecule has 0 aliphatic carbocycles. The Morgan fingerprint density at radius 1 is 1.25 bits per heavy atom. The average molecular weight is 354 g/mol. The van der Waals surface area contributed by atoms with Gasteiger partial charge in [0.15, 0.2) is 5.16 Å². The minimum Gasteiger partial charge on any atom is -0.392 e. The molecule has 2 heterocycles. The van der Waals surface area contributed by atoms with Crippen LogP contribution in [0.5, 0.6) is 0 Å². The first-order valence-corrected chi connectivity index (χ1v) is 8.38. The zero-order chi connectivity index (χ0) is 13.9. The van der Waals surface area contributed by atoms with Gasteiger partial charge in [0.25, 0.3) is 0 Å². The third kappa shape index (κ3) is 2.92. The summed E-state index contributed by atoms with van der Waals surface area (Å²) in [4.78, 5) is 1.03. The van der Waals surface area contributed by atoms with Crippen LogP contribution in [0, 0.1) is 0 Å². The summed E-state index contributed by atoms with van der Waals surface area (Å²) >= 11 is 5.06. The van der Waals surface area contributed by atoms with Crippen LogP contribution in [0.15, 0.2) is 32.7 Å². The second kappa shape index (κ2) is 6.28. The molecule has 1 N–H and O–H groups in total. The second-order valence-corrected chi connectivity index (χ2v) is 6.80. The first kappa shape index (κ1) is 14.1. The maximum atomic E-state index is 9.45. The van der Waals surface area contributed by atoms with Crippen LogP contribution in [0.3, 0.4) is 0 Å². The monoisotopic (exact) mass is 353 g/mol. The van der Waals surface area contributed by atoms with Gasteiger partial charge in [0.1, 0.15) is 5.82 Å². The molecule has 0 saturated heterocycles. The Kier molecular flexibility index (Phi) is 4.43. The molecule has 0 spiro atoms. The van der Waals surface area contributed by atoms with E-state index < -0.39 is 0 Å². The lowest BCUT2D eigenvalue weighted by atomic mass is 10.2. The summed E-state index contributed by atoms with van der Waals surface area (Å²) in [7, 11) is 0. The predicted molar refractivity (Wildman–Crippen MR) is 81.8 cm³/mol. The average Bonchev–Trinajstić information content (AvgIpc) is 2.68. The van der Waals surface area contributed by atoms with Gasteiger partial charge in [-0.2, -0.15) is 0 Å². The molecule has 0 fully saturated rings. The summed E-state index contributed by atoms with van der Waals surface area (Å²) in [6, 6.07) is 5.90. The lowest BCUT2D eigenvalue weighted by molar-refractivity contribution is 0.279. The van der Waals surface area contributed by atoms with Crippen LogP contribution in [0.25, 0.3) is 0 Å². The van der Waals surface area contributed by atoms with Crippen LogP contribution >= 0.6 is 27.7 Å². The van der Waals surface area contributed by atoms with Gasteiger partial charge in [-0.3, -0.25) is 0 Å². The molecule has 4 nitrogen and oxygen atoms in total. The molecular weight excluding hydrogens is 338 g/mol. The molecule has 20 heavy (non-hydrogen) atoms. The van der Waals surface area contributed by atoms with Crippen molar-refractivity contribution in [2.75, 3.05) is 0 Å². The number of benzene rings is 1. The van der Waals surface area contributed by atoms with E-state index in [2.05, 4.69) is 30.7 Å². The topological polar surface area (TPSA) is 50.9 Å². The van der Waals surface area contributed by atoms with Crippen molar-refractivity contribution in [3.05, 3.63) is 34.1 Å². The molecule has 106 valence electrons. The van der Waals surface area contributed by atoms with Crippen LogP contribution in [-0.4, -0.2) is 19.9 Å². The molecule has 0 saturated carbocycles. The first-order valence-electron chi connectivity index (χ1n) is 6.77. The van der Waals surface area contributed by atoms with E-state index in [0.29, 0.717) is 0 Å². The number of aryl methyl sites for hydroxylation is 1. The number of nitrogens with zero attached hydrogens (tertiary/aromatic N) is 3. The zero-order valence-electron chi connectivity index (χ0n) is 11.0. The standard InChI is InChI=1S/C14H16BrN3OS/c15-11-6-5-10(9-19)12(8-11)20-14-17-16-13-4-2-1-3-7-18(13)14/h5-6,8,19H,1-4,7,9H2. The highest BCUT2D eigenvalue weighted by molar-refractivity contribution is 9.10. The molecule has 1 aliphatic rings. The molecule has 1 aromatic carbocycles. The van der Waals surface area contributed by atoms with E-state index in [1.165, 1.54) is 19.3 Å². The van der Waals surface area contributed by atoms with Gasteiger partial charge in [0, 0.05) is 22.3 Å². The predicted octanol–water partition coefficient (Wildman–Crippen LogP) is 3.41. The van der Waals surface area contributed by atoms with Crippen molar-refractivity contribution in [3.63, 3.8) is 0 Å². The van der Waals surface area contributed by atoms with E-state index in [-0.39, 0.29) is 6.61 Å². The number of fused-ring (bicyclic) bond motifs is 1. The van der Waals surface area contributed by atoms with Crippen molar-refractivity contribution in [3.8, 4) is 0 Å². The van der Waals surface area contributed by atoms with Gasteiger partial charge in [-0.1, -0.05) is 28.4 Å². The molecular formula is C14H16BrN3OS. The van der Waals surface area contributed by atoms with Crippen LogP contribution in [0.2, 0.25) is 0 Å². The van der Waals surface area contributed by atoms with Gasteiger partial charge in [0.05, 0.1) is 6.61 Å². The molecule has 1 aliphatic heterocycles. The number of rotatable bonds is 3. The number of aromatic nitrogens is 3. The minimum atomic E-state index is 0.0383. The molecule has 0 atom stereocenters. The first-order chi connectivity index (χ1) is 9.78. The molecule has 2 aromatic rings. The number of aliphatic hydroxyl groups is 1.